The second-order valence-electron chi connectivity index (χ2n) is 13.7. The molecule has 0 N–H and O–H groups in total. The molecule has 7 rings (SSSR count). The smallest absolute Gasteiger partial charge is 0.216 e. The second-order valence-corrected chi connectivity index (χ2v) is 18.7. The fraction of sp³-hybridized carbons (Fsp3) is 0.233. The van der Waals surface area contributed by atoms with Crippen LogP contribution in [0.5, 0.6) is 0 Å². The minimum Gasteiger partial charge on any atom is -0.486 e. The third-order valence-corrected chi connectivity index (χ3v) is 10.6. The van der Waals surface area contributed by atoms with Crippen LogP contribution in [0.1, 0.15) is 53.2 Å². The van der Waals surface area contributed by atoms with E-state index in [1.807, 2.05) is 83.3 Å². The molecule has 0 atom stereocenters. The molecule has 0 aliphatic carbocycles. The molecule has 0 spiro atoms. The zero-order valence-electron chi connectivity index (χ0n) is 33.5. The van der Waals surface area contributed by atoms with Crippen molar-refractivity contribution in [1.82, 2.24) is 15.0 Å². The molecule has 7 heteroatoms. The van der Waals surface area contributed by atoms with Gasteiger partial charge in [-0.3, -0.25) is 0 Å². The van der Waals surface area contributed by atoms with E-state index in [1.54, 1.807) is 18.2 Å². The Morgan fingerprint density at radius 1 is 0.860 bits per heavy atom. The zero-order chi connectivity index (χ0) is 38.5. The third-order valence-electron chi connectivity index (χ3n) is 8.59. The van der Waals surface area contributed by atoms with Gasteiger partial charge in [0.2, 0.25) is 5.71 Å². The first-order valence-electron chi connectivity index (χ1n) is 18.3. The van der Waals surface area contributed by atoms with Gasteiger partial charge in [-0.1, -0.05) is 79.8 Å². The summed E-state index contributed by atoms with van der Waals surface area (Å²) in [7, 11) is -1.50. The van der Waals surface area contributed by atoms with Crippen molar-refractivity contribution >= 4 is 35.3 Å². The summed E-state index contributed by atoms with van der Waals surface area (Å²) in [5.41, 5.74) is 9.10. The number of furan rings is 1. The maximum absolute atomic E-state index is 14.9. The normalized spacial score (nSPS) is 13.1. The van der Waals surface area contributed by atoms with Crippen molar-refractivity contribution in [2.45, 2.75) is 67.0 Å². The minimum absolute atomic E-state index is 0. The van der Waals surface area contributed by atoms with Gasteiger partial charge in [-0.05, 0) is 78.9 Å². The van der Waals surface area contributed by atoms with Gasteiger partial charge in [0.05, 0.1) is 19.9 Å². The molecule has 0 aliphatic rings. The molecule has 3 aromatic carbocycles. The first-order valence-corrected chi connectivity index (χ1v) is 19.8. The average molecular weight is 860 g/mol. The van der Waals surface area contributed by atoms with Gasteiger partial charge in [0, 0.05) is 48.4 Å². The van der Waals surface area contributed by atoms with Crippen molar-refractivity contribution in [3.63, 3.8) is 0 Å². The van der Waals surface area contributed by atoms with Crippen LogP contribution >= 0.6 is 0 Å². The van der Waals surface area contributed by atoms with E-state index in [1.165, 1.54) is 17.4 Å². The van der Waals surface area contributed by atoms with Crippen molar-refractivity contribution in [1.29, 1.82) is 0 Å². The van der Waals surface area contributed by atoms with Crippen molar-refractivity contribution in [3.8, 4) is 33.6 Å². The quantitative estimate of drug-likeness (QED) is 0.128. The van der Waals surface area contributed by atoms with Crippen LogP contribution in [0, 0.1) is 45.6 Å². The summed E-state index contributed by atoms with van der Waals surface area (Å²) in [6.45, 7) is 14.4. The molecule has 7 aromatic rings. The average Bonchev–Trinajstić information content (AvgIpc) is 3.46. The number of aryl methyl sites for hydroxylation is 4. The fourth-order valence-corrected chi connectivity index (χ4v) is 7.93. The molecule has 4 nitrogen and oxygen atoms in total. The summed E-state index contributed by atoms with van der Waals surface area (Å²) in [4.78, 5) is 13.1. The van der Waals surface area contributed by atoms with E-state index in [2.05, 4.69) is 52.8 Å². The molecule has 0 aliphatic heterocycles. The summed E-state index contributed by atoms with van der Waals surface area (Å²) in [5, 5.41) is 2.73. The number of benzene rings is 3. The number of hydrogen-bond acceptors (Lipinski definition) is 4. The van der Waals surface area contributed by atoms with Crippen molar-refractivity contribution in [2.24, 2.45) is 0 Å². The maximum Gasteiger partial charge on any atom is 0.216 e. The predicted molar refractivity (Wildman–Crippen MR) is 204 cm³/mol. The van der Waals surface area contributed by atoms with Crippen molar-refractivity contribution in [3.05, 3.63) is 131 Å². The first kappa shape index (κ1) is 31.7. The Morgan fingerprint density at radius 2 is 1.60 bits per heavy atom. The van der Waals surface area contributed by atoms with Crippen LogP contribution < -0.4 is 5.19 Å². The van der Waals surface area contributed by atoms with E-state index in [0.717, 1.165) is 44.5 Å². The van der Waals surface area contributed by atoms with Crippen LogP contribution in [-0.2, 0) is 20.1 Å². The Bertz CT molecular complexity index is 2450. The van der Waals surface area contributed by atoms with Crippen LogP contribution in [0.3, 0.4) is 0 Å². The summed E-state index contributed by atoms with van der Waals surface area (Å²) >= 11 is 0. The van der Waals surface area contributed by atoms with Gasteiger partial charge in [-0.15, -0.1) is 54.1 Å². The number of halogens is 1. The fourth-order valence-electron chi connectivity index (χ4n) is 6.35. The number of rotatable bonds is 5. The van der Waals surface area contributed by atoms with Crippen LogP contribution in [-0.4, -0.2) is 23.0 Å². The second kappa shape index (κ2) is 14.9. The number of hydrogen-bond donors (Lipinski definition) is 0. The zero-order valence-corrected chi connectivity index (χ0v) is 32.9. The number of nitrogens with zero attached hydrogens (tertiary/aromatic N) is 3. The van der Waals surface area contributed by atoms with Crippen LogP contribution in [0.2, 0.25) is 19.6 Å². The van der Waals surface area contributed by atoms with Gasteiger partial charge in [0.1, 0.15) is 5.82 Å². The molecule has 4 heterocycles. The van der Waals surface area contributed by atoms with Crippen molar-refractivity contribution < 1.29 is 34.4 Å². The van der Waals surface area contributed by atoms with Gasteiger partial charge in [0.15, 0.2) is 0 Å². The van der Waals surface area contributed by atoms with Gasteiger partial charge in [-0.2, -0.15) is 0 Å². The first-order chi connectivity index (χ1) is 24.8. The SMILES string of the molecule is [2H]C(C)(C)c1cc(-c2[c-]cccc2)ncc1[Si](C)(C)C.[2H]C([2H])([2H])c1ccc2c(n1)oc1c(-c3cc(-c4c(C)cc(C)cc4C)c(F)cn3)[c-]ccc12.[Ir]. The van der Waals surface area contributed by atoms with Gasteiger partial charge in [0.25, 0.3) is 0 Å². The van der Waals surface area contributed by atoms with Crippen LogP contribution in [0.15, 0.2) is 89.6 Å². The number of fused-ring (bicyclic) bond motifs is 3. The predicted octanol–water partition coefficient (Wildman–Crippen LogP) is 11.1. The molecule has 0 saturated carbocycles. The molecule has 1 radical (unpaired) electrons. The Morgan fingerprint density at radius 3 is 2.26 bits per heavy atom. The molecule has 0 amide bonds. The Hall–Kier alpha value is -4.29. The molecule has 0 unspecified atom stereocenters. The largest absolute Gasteiger partial charge is 0.486 e. The minimum atomic E-state index is -2.33. The molecule has 0 fully saturated rings. The summed E-state index contributed by atoms with van der Waals surface area (Å²) in [6.07, 6.45) is 3.19. The number of pyridine rings is 3. The summed E-state index contributed by atoms with van der Waals surface area (Å²) in [6, 6.07) is 28.8. The van der Waals surface area contributed by atoms with Gasteiger partial charge < -0.3 is 14.4 Å². The van der Waals surface area contributed by atoms with E-state index in [-0.39, 0.29) is 31.5 Å². The van der Waals surface area contributed by atoms with Gasteiger partial charge in [-0.25, -0.2) is 9.37 Å². The van der Waals surface area contributed by atoms with E-state index in [4.69, 9.17) is 9.90 Å². The van der Waals surface area contributed by atoms with E-state index >= 15 is 0 Å². The topological polar surface area (TPSA) is 51.8 Å². The maximum atomic E-state index is 14.9. The summed E-state index contributed by atoms with van der Waals surface area (Å²) in [5.74, 6) is -1.02. The molecular weight excluding hydrogens is 814 g/mol. The Balaban J connectivity index is 0.000000230. The molecule has 257 valence electrons. The Labute approximate surface area is 315 Å². The van der Waals surface area contributed by atoms with E-state index in [9.17, 15) is 4.39 Å². The summed E-state index contributed by atoms with van der Waals surface area (Å²) < 4.78 is 52.2. The monoisotopic (exact) mass is 860 g/mol. The Kier molecular flexibility index (Phi) is 9.44. The molecule has 4 aromatic heterocycles. The number of aromatic nitrogens is 3. The van der Waals surface area contributed by atoms with Crippen LogP contribution in [0.4, 0.5) is 4.39 Å². The third kappa shape index (κ3) is 7.56. The molecule has 0 saturated heterocycles. The molecule has 50 heavy (non-hydrogen) atoms. The molecule has 0 bridgehead atoms. The molecular formula is C43H42FIrN3OSi-2. The standard InChI is InChI=1S/C26H20FN2O.C17H22NSi.Ir/c1-14-10-15(2)24(16(3)11-14)21-12-23(28-13-22(21)27)20-7-5-6-18-19-9-8-17(4)29-26(19)30-25(18)20;1-13(2)15-11-16(14-9-7-6-8-10-14)18-12-17(15)19(3,4)5;/h5-6,8-13H,1-4H3;6-9,11-13H,1-5H3;/q2*-1;/i4D3;13D;. The van der Waals surface area contributed by atoms with Gasteiger partial charge >= 0.3 is 0 Å². The van der Waals surface area contributed by atoms with E-state index in [0.29, 0.717) is 27.8 Å². The van der Waals surface area contributed by atoms with E-state index < -0.39 is 26.6 Å². The van der Waals surface area contributed by atoms with Crippen LogP contribution in [0.25, 0.3) is 55.7 Å². The van der Waals surface area contributed by atoms with Crippen molar-refractivity contribution in [2.75, 3.05) is 0 Å².